The van der Waals surface area contributed by atoms with E-state index in [1.165, 1.54) is 6.20 Å². The summed E-state index contributed by atoms with van der Waals surface area (Å²) in [5.74, 6) is 0.631. The lowest BCUT2D eigenvalue weighted by molar-refractivity contribution is 0.00578. The van der Waals surface area contributed by atoms with Crippen LogP contribution in [0, 0.1) is 0 Å². The molecule has 3 heterocycles. The zero-order valence-corrected chi connectivity index (χ0v) is 32.4. The molecule has 260 valence electrons. The third-order valence-corrected chi connectivity index (χ3v) is 11.2. The molecule has 0 amide bonds. The van der Waals surface area contributed by atoms with E-state index in [9.17, 15) is 9.13 Å². The average molecular weight is 715 g/mol. The van der Waals surface area contributed by atoms with Gasteiger partial charge in [0.25, 0.3) is 0 Å². The number of nitrogen functional groups attached to an aromatic ring is 1. The van der Waals surface area contributed by atoms with Gasteiger partial charge in [0.1, 0.15) is 14.3 Å². The minimum atomic E-state index is -2.45. The van der Waals surface area contributed by atoms with Gasteiger partial charge in [-0.25, -0.2) is 19.9 Å². The summed E-state index contributed by atoms with van der Waals surface area (Å²) in [7, 11) is -5.37. The molecule has 1 aromatic carbocycles. The van der Waals surface area contributed by atoms with E-state index < -0.39 is 32.6 Å². The second kappa shape index (κ2) is 17.0. The number of hydrogen-bond donors (Lipinski definition) is 2. The van der Waals surface area contributed by atoms with E-state index in [2.05, 4.69) is 33.4 Å². The summed E-state index contributed by atoms with van der Waals surface area (Å²) in [6.45, 7) is 22.6. The standard InChI is InChI=1S/C14H25BNO3P.C14H18N3OP.C6H7ClN2/c1-8-11(9-12(10-16)20(6,7)17)15-18-13(2,3)14(4,5)19-15;1-4-10-8-16-14(17-9-10)11-5-6-12(15)13(7-11)19(2,3)18;1-2-5-3-8-6(7)9-4-5/h8-10H,1,16H2,2-7H3;5-9H,4,15H2,1-3H3;3-4H,2H2,1H3/b11-9+,12-10-;;. The first-order valence-electron chi connectivity index (χ1n) is 15.6. The van der Waals surface area contributed by atoms with Crippen molar-refractivity contribution in [1.82, 2.24) is 19.9 Å². The molecule has 2 aromatic heterocycles. The Kier molecular flexibility index (Phi) is 14.6. The van der Waals surface area contributed by atoms with Gasteiger partial charge in [-0.1, -0.05) is 32.6 Å². The summed E-state index contributed by atoms with van der Waals surface area (Å²) in [5.41, 5.74) is 14.9. The van der Waals surface area contributed by atoms with Gasteiger partial charge in [-0.2, -0.15) is 0 Å². The molecule has 0 unspecified atom stereocenters. The Hall–Kier alpha value is -3.07. The maximum atomic E-state index is 12.2. The molecular weight excluding hydrogens is 665 g/mol. The van der Waals surface area contributed by atoms with Gasteiger partial charge in [-0.05, 0) is 114 Å². The quantitative estimate of drug-likeness (QED) is 0.0793. The first-order valence-corrected chi connectivity index (χ1v) is 21.2. The largest absolute Gasteiger partial charge is 0.494 e. The number of benzene rings is 1. The first-order chi connectivity index (χ1) is 22.2. The van der Waals surface area contributed by atoms with Crippen LogP contribution in [0.2, 0.25) is 5.28 Å². The van der Waals surface area contributed by atoms with E-state index in [1.807, 2.05) is 59.1 Å². The Balaban J connectivity index is 0.000000267. The maximum Gasteiger partial charge on any atom is 0.494 e. The van der Waals surface area contributed by atoms with Gasteiger partial charge >= 0.3 is 7.12 Å². The molecule has 1 saturated heterocycles. The van der Waals surface area contributed by atoms with Crippen LogP contribution in [-0.4, -0.2) is 64.9 Å². The summed E-state index contributed by atoms with van der Waals surface area (Å²) < 4.78 is 36.3. The molecule has 0 spiro atoms. The van der Waals surface area contributed by atoms with Crippen LogP contribution in [0.5, 0.6) is 0 Å². The molecule has 3 aromatic rings. The van der Waals surface area contributed by atoms with Crippen molar-refractivity contribution in [1.29, 1.82) is 0 Å². The topological polar surface area (TPSA) is 156 Å². The zero-order valence-electron chi connectivity index (χ0n) is 29.8. The Labute approximate surface area is 291 Å². The van der Waals surface area contributed by atoms with E-state index in [4.69, 9.17) is 32.4 Å². The van der Waals surface area contributed by atoms with E-state index >= 15 is 0 Å². The van der Waals surface area contributed by atoms with Crippen LogP contribution in [0.1, 0.15) is 52.7 Å². The van der Waals surface area contributed by atoms with Gasteiger partial charge in [-0.15, -0.1) is 0 Å². The van der Waals surface area contributed by atoms with Gasteiger partial charge < -0.3 is 29.9 Å². The predicted octanol–water partition coefficient (Wildman–Crippen LogP) is 7.38. The lowest BCUT2D eigenvalue weighted by Crippen LogP contribution is -2.41. The van der Waals surface area contributed by atoms with Crippen LogP contribution in [0.25, 0.3) is 11.4 Å². The monoisotopic (exact) mass is 714 g/mol. The third-order valence-electron chi connectivity index (χ3n) is 7.93. The lowest BCUT2D eigenvalue weighted by atomic mass is 9.78. The minimum Gasteiger partial charge on any atom is -0.404 e. The smallest absolute Gasteiger partial charge is 0.404 e. The van der Waals surface area contributed by atoms with Crippen LogP contribution < -0.4 is 16.8 Å². The summed E-state index contributed by atoms with van der Waals surface area (Å²) in [6, 6.07) is 5.45. The van der Waals surface area contributed by atoms with Gasteiger partial charge in [-0.3, -0.25) is 0 Å². The fourth-order valence-corrected chi connectivity index (χ4v) is 6.18. The first kappa shape index (κ1) is 41.1. The number of halogens is 1. The molecule has 0 atom stereocenters. The molecule has 1 aliphatic heterocycles. The maximum absolute atomic E-state index is 12.2. The Morgan fingerprint density at radius 3 is 1.79 bits per heavy atom. The molecule has 14 heteroatoms. The van der Waals surface area contributed by atoms with Gasteiger partial charge in [0, 0.05) is 52.9 Å². The lowest BCUT2D eigenvalue weighted by Gasteiger charge is -2.32. The van der Waals surface area contributed by atoms with Crippen molar-refractivity contribution in [3.63, 3.8) is 0 Å². The van der Waals surface area contributed by atoms with Gasteiger partial charge in [0.15, 0.2) is 5.82 Å². The molecule has 0 aliphatic carbocycles. The molecule has 4 N–H and O–H groups in total. The van der Waals surface area contributed by atoms with Crippen molar-refractivity contribution in [2.24, 2.45) is 5.73 Å². The molecule has 10 nitrogen and oxygen atoms in total. The molecule has 0 saturated carbocycles. The highest BCUT2D eigenvalue weighted by Gasteiger charge is 2.52. The molecular formula is C34H50BClN6O4P2. The molecule has 1 aliphatic rings. The number of aryl methyl sites for hydroxylation is 2. The molecule has 4 rings (SSSR count). The van der Waals surface area contributed by atoms with Crippen molar-refractivity contribution >= 4 is 44.0 Å². The van der Waals surface area contributed by atoms with E-state index in [0.717, 1.165) is 35.0 Å². The van der Waals surface area contributed by atoms with E-state index in [-0.39, 0.29) is 0 Å². The summed E-state index contributed by atoms with van der Waals surface area (Å²) in [4.78, 5) is 16.3. The number of aromatic nitrogens is 4. The van der Waals surface area contributed by atoms with E-state index in [1.54, 1.807) is 57.3 Å². The van der Waals surface area contributed by atoms with Crippen LogP contribution in [-0.2, 0) is 31.3 Å². The number of rotatable bonds is 8. The molecule has 1 fully saturated rings. The number of hydrogen-bond acceptors (Lipinski definition) is 10. The highest BCUT2D eigenvalue weighted by atomic mass is 35.5. The Bertz CT molecular complexity index is 1690. The number of nitrogens with zero attached hydrogens (tertiary/aromatic N) is 4. The summed E-state index contributed by atoms with van der Waals surface area (Å²) in [6.07, 6.45) is 13.7. The normalized spacial score (nSPS) is 15.9. The van der Waals surface area contributed by atoms with Crippen LogP contribution in [0.15, 0.2) is 78.7 Å². The zero-order chi connectivity index (χ0) is 36.5. The van der Waals surface area contributed by atoms with Crippen molar-refractivity contribution in [3.8, 4) is 11.4 Å². The van der Waals surface area contributed by atoms with Crippen LogP contribution in [0.3, 0.4) is 0 Å². The van der Waals surface area contributed by atoms with E-state index in [0.29, 0.717) is 27.4 Å². The summed E-state index contributed by atoms with van der Waals surface area (Å²) in [5, 5.41) is 1.59. The number of nitrogens with two attached hydrogens (primary N) is 2. The SMILES string of the molecule is C=C/C(=C\C(=C\N)P(C)(C)=O)B1OC(C)(C)C(C)(C)O1.CCc1cnc(-c2ccc(N)c(P(C)(C)=O)c2)nc1.CCc1cnc(Cl)nc1. The second-order valence-electron chi connectivity index (χ2n) is 13.0. The fraction of sp³-hybridized carbons (Fsp3) is 0.412. The third kappa shape index (κ3) is 11.5. The summed E-state index contributed by atoms with van der Waals surface area (Å²) >= 11 is 5.45. The minimum absolute atomic E-state index is 0.312. The second-order valence-corrected chi connectivity index (χ2v) is 19.7. The predicted molar refractivity (Wildman–Crippen MR) is 203 cm³/mol. The fourth-order valence-electron chi connectivity index (χ4n) is 4.11. The molecule has 48 heavy (non-hydrogen) atoms. The average Bonchev–Trinajstić information content (AvgIpc) is 3.23. The highest BCUT2D eigenvalue weighted by molar-refractivity contribution is 7.70. The molecule has 0 bridgehead atoms. The van der Waals surface area contributed by atoms with Crippen LogP contribution in [0.4, 0.5) is 5.69 Å². The molecule has 0 radical (unpaired) electrons. The van der Waals surface area contributed by atoms with Crippen molar-refractivity contribution in [2.45, 2.75) is 65.6 Å². The number of allylic oxidation sites excluding steroid dienone is 4. The highest BCUT2D eigenvalue weighted by Crippen LogP contribution is 2.47. The van der Waals surface area contributed by atoms with Crippen molar-refractivity contribution in [2.75, 3.05) is 32.4 Å². The Morgan fingerprint density at radius 1 is 0.917 bits per heavy atom. The van der Waals surface area contributed by atoms with Gasteiger partial charge in [0.05, 0.1) is 11.2 Å². The van der Waals surface area contributed by atoms with Crippen LogP contribution >= 0.6 is 25.9 Å². The number of anilines is 1. The van der Waals surface area contributed by atoms with Gasteiger partial charge in [0.2, 0.25) is 5.28 Å². The Morgan fingerprint density at radius 2 is 1.40 bits per heavy atom. The van der Waals surface area contributed by atoms with Crippen molar-refractivity contribution in [3.05, 3.63) is 95.1 Å². The van der Waals surface area contributed by atoms with Crippen molar-refractivity contribution < 1.29 is 18.4 Å².